The Bertz CT molecular complexity index is 617. The van der Waals surface area contributed by atoms with Gasteiger partial charge in [-0.2, -0.15) is 0 Å². The van der Waals surface area contributed by atoms with E-state index in [0.29, 0.717) is 22.1 Å². The number of nitrogens with one attached hydrogen (secondary N) is 1. The molecule has 0 radical (unpaired) electrons. The molecule has 104 valence electrons. The maximum Gasteiger partial charge on any atom is 0.262 e. The maximum absolute atomic E-state index is 11.7. The number of benzene rings is 2. The van der Waals surface area contributed by atoms with Gasteiger partial charge in [-0.1, -0.05) is 27.5 Å². The molecule has 0 heterocycles. The van der Waals surface area contributed by atoms with Gasteiger partial charge < -0.3 is 15.8 Å². The van der Waals surface area contributed by atoms with Crippen LogP contribution < -0.4 is 15.8 Å². The van der Waals surface area contributed by atoms with Gasteiger partial charge in [0.2, 0.25) is 0 Å². The maximum atomic E-state index is 11.7. The summed E-state index contributed by atoms with van der Waals surface area (Å²) in [6.45, 7) is -0.138. The average Bonchev–Trinajstić information content (AvgIpc) is 2.42. The van der Waals surface area contributed by atoms with Crippen LogP contribution >= 0.6 is 27.5 Å². The number of carbonyl (C=O) groups excluding carboxylic acids is 1. The molecule has 3 N–H and O–H groups in total. The van der Waals surface area contributed by atoms with Crippen LogP contribution in [0.25, 0.3) is 0 Å². The molecule has 0 saturated heterocycles. The highest BCUT2D eigenvalue weighted by Gasteiger charge is 2.06. The second kappa shape index (κ2) is 6.63. The summed E-state index contributed by atoms with van der Waals surface area (Å²) >= 11 is 9.16. The fraction of sp³-hybridized carbons (Fsp3) is 0.0714. The van der Waals surface area contributed by atoms with E-state index in [9.17, 15) is 4.79 Å². The normalized spacial score (nSPS) is 10.1. The summed E-state index contributed by atoms with van der Waals surface area (Å²) in [5.41, 5.74) is 6.86. The number of rotatable bonds is 4. The smallest absolute Gasteiger partial charge is 0.262 e. The third-order valence-corrected chi connectivity index (χ3v) is 3.23. The Kier molecular flexibility index (Phi) is 4.87. The lowest BCUT2D eigenvalue weighted by Gasteiger charge is -2.09. The first-order chi connectivity index (χ1) is 9.54. The molecule has 1 amide bonds. The van der Waals surface area contributed by atoms with Crippen LogP contribution in [0.2, 0.25) is 5.02 Å². The predicted octanol–water partition coefficient (Wildman–Crippen LogP) is 3.70. The summed E-state index contributed by atoms with van der Waals surface area (Å²) in [7, 11) is 0. The van der Waals surface area contributed by atoms with Gasteiger partial charge in [0.15, 0.2) is 6.61 Å². The van der Waals surface area contributed by atoms with Crippen molar-refractivity contribution in [2.75, 3.05) is 17.7 Å². The van der Waals surface area contributed by atoms with Crippen molar-refractivity contribution in [3.05, 3.63) is 52.0 Å². The molecule has 0 bridgehead atoms. The highest BCUT2D eigenvalue weighted by Crippen LogP contribution is 2.25. The van der Waals surface area contributed by atoms with E-state index in [1.807, 2.05) is 12.1 Å². The number of nitrogen functional groups attached to an aromatic ring is 1. The van der Waals surface area contributed by atoms with Gasteiger partial charge in [-0.25, -0.2) is 0 Å². The summed E-state index contributed by atoms with van der Waals surface area (Å²) in [6, 6.07) is 12.1. The number of amides is 1. The largest absolute Gasteiger partial charge is 0.482 e. The zero-order valence-electron chi connectivity index (χ0n) is 10.4. The summed E-state index contributed by atoms with van der Waals surface area (Å²) in [6.07, 6.45) is 0. The van der Waals surface area contributed by atoms with Crippen molar-refractivity contribution < 1.29 is 9.53 Å². The second-order valence-corrected chi connectivity index (χ2v) is 5.38. The molecule has 2 rings (SSSR count). The van der Waals surface area contributed by atoms with Crippen LogP contribution in [-0.2, 0) is 4.79 Å². The van der Waals surface area contributed by atoms with Crippen molar-refractivity contribution in [2.45, 2.75) is 0 Å². The van der Waals surface area contributed by atoms with E-state index in [-0.39, 0.29) is 12.5 Å². The van der Waals surface area contributed by atoms with Crippen LogP contribution in [0, 0.1) is 0 Å². The van der Waals surface area contributed by atoms with Crippen molar-refractivity contribution in [1.29, 1.82) is 0 Å². The van der Waals surface area contributed by atoms with Crippen molar-refractivity contribution in [2.24, 2.45) is 0 Å². The first-order valence-electron chi connectivity index (χ1n) is 5.78. The molecule has 0 atom stereocenters. The molecule has 20 heavy (non-hydrogen) atoms. The molecule has 0 fully saturated rings. The summed E-state index contributed by atoms with van der Waals surface area (Å²) in [4.78, 5) is 11.7. The third kappa shape index (κ3) is 4.15. The minimum atomic E-state index is -0.272. The highest BCUT2D eigenvalue weighted by atomic mass is 79.9. The fourth-order valence-electron chi connectivity index (χ4n) is 1.51. The van der Waals surface area contributed by atoms with Gasteiger partial charge in [-0.05, 0) is 36.4 Å². The van der Waals surface area contributed by atoms with Gasteiger partial charge >= 0.3 is 0 Å². The number of hydrogen-bond donors (Lipinski definition) is 2. The van der Waals surface area contributed by atoms with Crippen molar-refractivity contribution in [3.8, 4) is 5.75 Å². The van der Waals surface area contributed by atoms with Gasteiger partial charge in [-0.3, -0.25) is 4.79 Å². The third-order valence-electron chi connectivity index (χ3n) is 2.46. The van der Waals surface area contributed by atoms with Crippen LogP contribution in [0.4, 0.5) is 11.4 Å². The van der Waals surface area contributed by atoms with Crippen LogP contribution in [0.1, 0.15) is 0 Å². The minimum absolute atomic E-state index is 0.138. The number of nitrogens with two attached hydrogens (primary N) is 1. The predicted molar refractivity (Wildman–Crippen MR) is 84.1 cm³/mol. The quantitative estimate of drug-likeness (QED) is 0.822. The molecular formula is C14H12BrClN2O2. The minimum Gasteiger partial charge on any atom is -0.482 e. The number of ether oxygens (including phenoxy) is 1. The topological polar surface area (TPSA) is 64.3 Å². The summed E-state index contributed by atoms with van der Waals surface area (Å²) in [5.74, 6) is 0.121. The lowest BCUT2D eigenvalue weighted by Crippen LogP contribution is -2.20. The molecule has 0 aliphatic heterocycles. The molecule has 2 aromatic carbocycles. The molecule has 0 aliphatic carbocycles. The summed E-state index contributed by atoms with van der Waals surface area (Å²) < 4.78 is 6.29. The van der Waals surface area contributed by atoms with Crippen molar-refractivity contribution in [3.63, 3.8) is 0 Å². The van der Waals surface area contributed by atoms with E-state index < -0.39 is 0 Å². The van der Waals surface area contributed by atoms with E-state index in [2.05, 4.69) is 21.2 Å². The molecule has 2 aromatic rings. The van der Waals surface area contributed by atoms with Gasteiger partial charge in [-0.15, -0.1) is 0 Å². The number of anilines is 2. The van der Waals surface area contributed by atoms with E-state index in [1.165, 1.54) is 0 Å². The Morgan fingerprint density at radius 3 is 2.65 bits per heavy atom. The monoisotopic (exact) mass is 354 g/mol. The standard InChI is InChI=1S/C14H12BrClN2O2/c15-9-1-4-11(5-2-9)18-14(19)8-20-13-7-10(16)3-6-12(13)17/h1-7H,8,17H2,(H,18,19). The van der Waals surface area contributed by atoms with E-state index in [0.717, 1.165) is 4.47 Å². The van der Waals surface area contributed by atoms with E-state index in [4.69, 9.17) is 22.1 Å². The lowest BCUT2D eigenvalue weighted by molar-refractivity contribution is -0.118. The first-order valence-corrected chi connectivity index (χ1v) is 6.95. The zero-order chi connectivity index (χ0) is 14.5. The zero-order valence-corrected chi connectivity index (χ0v) is 12.7. The Balaban J connectivity index is 1.92. The molecule has 0 aromatic heterocycles. The number of hydrogen-bond acceptors (Lipinski definition) is 3. The summed E-state index contributed by atoms with van der Waals surface area (Å²) in [5, 5.41) is 3.22. The fourth-order valence-corrected chi connectivity index (χ4v) is 1.93. The molecule has 0 aliphatic rings. The van der Waals surface area contributed by atoms with Crippen LogP contribution in [0.15, 0.2) is 46.9 Å². The van der Waals surface area contributed by atoms with Gasteiger partial charge in [0.1, 0.15) is 5.75 Å². The van der Waals surface area contributed by atoms with Crippen LogP contribution in [0.3, 0.4) is 0 Å². The van der Waals surface area contributed by atoms with Crippen molar-refractivity contribution in [1.82, 2.24) is 0 Å². The Hall–Kier alpha value is -1.72. The Labute approximate surface area is 130 Å². The van der Waals surface area contributed by atoms with Crippen molar-refractivity contribution >= 4 is 44.8 Å². The van der Waals surface area contributed by atoms with Crippen LogP contribution in [0.5, 0.6) is 5.75 Å². The highest BCUT2D eigenvalue weighted by molar-refractivity contribution is 9.10. The molecular weight excluding hydrogens is 344 g/mol. The SMILES string of the molecule is Nc1ccc(Cl)cc1OCC(=O)Nc1ccc(Br)cc1. The molecule has 0 unspecified atom stereocenters. The van der Waals surface area contributed by atoms with E-state index in [1.54, 1.807) is 30.3 Å². The number of carbonyl (C=O) groups is 1. The van der Waals surface area contributed by atoms with E-state index >= 15 is 0 Å². The molecule has 0 spiro atoms. The van der Waals surface area contributed by atoms with Gasteiger partial charge in [0, 0.05) is 21.2 Å². The number of halogens is 2. The molecule has 6 heteroatoms. The Morgan fingerprint density at radius 1 is 1.25 bits per heavy atom. The van der Waals surface area contributed by atoms with Gasteiger partial charge in [0.25, 0.3) is 5.91 Å². The first kappa shape index (κ1) is 14.7. The van der Waals surface area contributed by atoms with Crippen LogP contribution in [-0.4, -0.2) is 12.5 Å². The average molecular weight is 356 g/mol. The lowest BCUT2D eigenvalue weighted by atomic mass is 10.3. The van der Waals surface area contributed by atoms with Gasteiger partial charge in [0.05, 0.1) is 5.69 Å². The molecule has 0 saturated carbocycles. The molecule has 4 nitrogen and oxygen atoms in total. The Morgan fingerprint density at radius 2 is 1.95 bits per heavy atom. The second-order valence-electron chi connectivity index (χ2n) is 4.03.